The molecule has 0 aliphatic heterocycles. The van der Waals surface area contributed by atoms with E-state index in [1.807, 2.05) is 0 Å². The lowest BCUT2D eigenvalue weighted by molar-refractivity contribution is -0.201. The number of ether oxygens (including phenoxy) is 1. The molecule has 0 radical (unpaired) electrons. The van der Waals surface area contributed by atoms with E-state index >= 15 is 0 Å². The Morgan fingerprint density at radius 3 is 1.71 bits per heavy atom. The molecule has 0 amide bonds. The van der Waals surface area contributed by atoms with Crippen molar-refractivity contribution in [3.05, 3.63) is 12.2 Å². The first-order chi connectivity index (χ1) is 13.1. The van der Waals surface area contributed by atoms with Crippen LogP contribution in [-0.2, 0) is 4.74 Å². The standard InChI is InChI=1S/C23H47NO3.ClH/c1-2-3-4-5-6-7-8-9-10-11-12-13-14-15-16-17-18-19-23(25,26)22-27-21-20-24;/h9-10,25-26H,2-8,11-22,24H2,1H3;1H/b10-9-;. The summed E-state index contributed by atoms with van der Waals surface area (Å²) in [5.74, 6) is -1.70. The van der Waals surface area contributed by atoms with Gasteiger partial charge in [-0.25, -0.2) is 0 Å². The second-order valence-corrected chi connectivity index (χ2v) is 7.87. The zero-order chi connectivity index (χ0) is 20.1. The van der Waals surface area contributed by atoms with Crippen molar-refractivity contribution in [1.29, 1.82) is 0 Å². The van der Waals surface area contributed by atoms with Gasteiger partial charge in [-0.2, -0.15) is 0 Å². The van der Waals surface area contributed by atoms with E-state index in [1.165, 1.54) is 83.5 Å². The summed E-state index contributed by atoms with van der Waals surface area (Å²) in [6, 6.07) is 0. The maximum atomic E-state index is 9.75. The van der Waals surface area contributed by atoms with Gasteiger partial charge in [-0.05, 0) is 32.1 Å². The average molecular weight is 422 g/mol. The molecule has 28 heavy (non-hydrogen) atoms. The van der Waals surface area contributed by atoms with Gasteiger partial charge in [0.05, 0.1) is 6.61 Å². The van der Waals surface area contributed by atoms with Crippen LogP contribution in [0.4, 0.5) is 0 Å². The molecular formula is C23H48ClNO3. The molecule has 0 heterocycles. The second kappa shape index (κ2) is 23.2. The van der Waals surface area contributed by atoms with Crippen LogP contribution in [0.25, 0.3) is 0 Å². The summed E-state index contributed by atoms with van der Waals surface area (Å²) in [5, 5.41) is 19.5. The lowest BCUT2D eigenvalue weighted by Crippen LogP contribution is -2.34. The van der Waals surface area contributed by atoms with Crippen LogP contribution < -0.4 is 5.73 Å². The lowest BCUT2D eigenvalue weighted by Gasteiger charge is -2.21. The first-order valence-electron chi connectivity index (χ1n) is 11.5. The van der Waals surface area contributed by atoms with Crippen LogP contribution >= 0.6 is 12.4 Å². The Morgan fingerprint density at radius 2 is 1.21 bits per heavy atom. The number of rotatable bonds is 21. The molecule has 4 N–H and O–H groups in total. The minimum Gasteiger partial charge on any atom is -0.375 e. The molecule has 0 aliphatic rings. The van der Waals surface area contributed by atoms with E-state index in [9.17, 15) is 10.2 Å². The number of hydrogen-bond acceptors (Lipinski definition) is 4. The topological polar surface area (TPSA) is 75.7 Å². The Hall–Kier alpha value is -0.130. The minimum absolute atomic E-state index is 0. The van der Waals surface area contributed by atoms with Crippen molar-refractivity contribution in [1.82, 2.24) is 0 Å². The number of allylic oxidation sites excluding steroid dienone is 2. The molecule has 0 spiro atoms. The molecule has 0 fully saturated rings. The highest BCUT2D eigenvalue weighted by Crippen LogP contribution is 2.15. The van der Waals surface area contributed by atoms with Crippen molar-refractivity contribution in [3.8, 4) is 0 Å². The summed E-state index contributed by atoms with van der Waals surface area (Å²) in [6.45, 7) is 3.00. The number of nitrogens with two attached hydrogens (primary N) is 1. The quantitative estimate of drug-likeness (QED) is 0.123. The van der Waals surface area contributed by atoms with Crippen molar-refractivity contribution in [2.24, 2.45) is 5.73 Å². The molecule has 0 aromatic heterocycles. The number of hydrogen-bond donors (Lipinski definition) is 3. The fourth-order valence-corrected chi connectivity index (χ4v) is 3.22. The SMILES string of the molecule is CCCCCCCC/C=C\CCCCCCCCCC(O)(O)COCCN.Cl. The predicted octanol–water partition coefficient (Wildman–Crippen LogP) is 5.88. The van der Waals surface area contributed by atoms with Crippen LogP contribution in [-0.4, -0.2) is 35.8 Å². The van der Waals surface area contributed by atoms with Crippen LogP contribution in [0.2, 0.25) is 0 Å². The third-order valence-electron chi connectivity index (χ3n) is 4.93. The Morgan fingerprint density at radius 1 is 0.750 bits per heavy atom. The van der Waals surface area contributed by atoms with Crippen LogP contribution in [0, 0.1) is 0 Å². The third-order valence-corrected chi connectivity index (χ3v) is 4.93. The van der Waals surface area contributed by atoms with Gasteiger partial charge in [0.25, 0.3) is 0 Å². The molecular weight excluding hydrogens is 374 g/mol. The normalized spacial score (nSPS) is 11.9. The summed E-state index contributed by atoms with van der Waals surface area (Å²) in [6.07, 6.45) is 24.0. The second-order valence-electron chi connectivity index (χ2n) is 7.87. The number of halogens is 1. The monoisotopic (exact) mass is 421 g/mol. The summed E-state index contributed by atoms with van der Waals surface area (Å²) < 4.78 is 5.10. The zero-order valence-electron chi connectivity index (χ0n) is 18.4. The number of aliphatic hydroxyl groups is 2. The van der Waals surface area contributed by atoms with E-state index in [0.717, 1.165) is 12.8 Å². The van der Waals surface area contributed by atoms with Gasteiger partial charge in [-0.15, -0.1) is 12.4 Å². The maximum Gasteiger partial charge on any atom is 0.186 e. The molecule has 0 aromatic carbocycles. The maximum absolute atomic E-state index is 9.75. The molecule has 0 aliphatic carbocycles. The van der Waals surface area contributed by atoms with Crippen LogP contribution in [0.3, 0.4) is 0 Å². The molecule has 0 bridgehead atoms. The van der Waals surface area contributed by atoms with Gasteiger partial charge >= 0.3 is 0 Å². The lowest BCUT2D eigenvalue weighted by atomic mass is 10.0. The highest BCUT2D eigenvalue weighted by atomic mass is 35.5. The molecule has 0 saturated heterocycles. The fourth-order valence-electron chi connectivity index (χ4n) is 3.22. The van der Waals surface area contributed by atoms with Gasteiger partial charge in [0.15, 0.2) is 5.79 Å². The Bertz CT molecular complexity index is 325. The first kappa shape index (κ1) is 30.1. The van der Waals surface area contributed by atoms with Gasteiger partial charge in [-0.3, -0.25) is 0 Å². The summed E-state index contributed by atoms with van der Waals surface area (Å²) in [5.41, 5.74) is 5.31. The van der Waals surface area contributed by atoms with Crippen molar-refractivity contribution < 1.29 is 14.9 Å². The van der Waals surface area contributed by atoms with Crippen molar-refractivity contribution in [3.63, 3.8) is 0 Å². The van der Waals surface area contributed by atoms with E-state index < -0.39 is 5.79 Å². The molecule has 0 saturated carbocycles. The zero-order valence-corrected chi connectivity index (χ0v) is 19.2. The van der Waals surface area contributed by atoms with E-state index in [0.29, 0.717) is 19.6 Å². The smallest absolute Gasteiger partial charge is 0.186 e. The highest BCUT2D eigenvalue weighted by molar-refractivity contribution is 5.85. The highest BCUT2D eigenvalue weighted by Gasteiger charge is 2.22. The molecule has 4 nitrogen and oxygen atoms in total. The van der Waals surface area contributed by atoms with Crippen molar-refractivity contribution in [2.45, 2.75) is 115 Å². The molecule has 5 heteroatoms. The van der Waals surface area contributed by atoms with Crippen LogP contribution in [0.15, 0.2) is 12.2 Å². The summed E-state index contributed by atoms with van der Waals surface area (Å²) in [4.78, 5) is 0. The molecule has 0 unspecified atom stereocenters. The van der Waals surface area contributed by atoms with Gasteiger partial charge in [0.1, 0.15) is 6.61 Å². The van der Waals surface area contributed by atoms with Crippen LogP contribution in [0.5, 0.6) is 0 Å². The number of unbranched alkanes of at least 4 members (excludes halogenated alkanes) is 13. The van der Waals surface area contributed by atoms with Crippen molar-refractivity contribution in [2.75, 3.05) is 19.8 Å². The van der Waals surface area contributed by atoms with E-state index in [1.54, 1.807) is 0 Å². The summed E-state index contributed by atoms with van der Waals surface area (Å²) in [7, 11) is 0. The van der Waals surface area contributed by atoms with Gasteiger partial charge in [-0.1, -0.05) is 83.3 Å². The van der Waals surface area contributed by atoms with Crippen LogP contribution in [0.1, 0.15) is 110 Å². The first-order valence-corrected chi connectivity index (χ1v) is 11.5. The third kappa shape index (κ3) is 23.9. The minimum atomic E-state index is -1.70. The molecule has 0 atom stereocenters. The van der Waals surface area contributed by atoms with E-state index in [4.69, 9.17) is 10.5 Å². The van der Waals surface area contributed by atoms with E-state index in [-0.39, 0.29) is 19.0 Å². The fraction of sp³-hybridized carbons (Fsp3) is 0.913. The van der Waals surface area contributed by atoms with Gasteiger partial charge in [0.2, 0.25) is 0 Å². The predicted molar refractivity (Wildman–Crippen MR) is 123 cm³/mol. The van der Waals surface area contributed by atoms with E-state index in [2.05, 4.69) is 19.1 Å². The molecule has 0 rings (SSSR count). The Balaban J connectivity index is 0. The largest absolute Gasteiger partial charge is 0.375 e. The molecule has 170 valence electrons. The Labute approximate surface area is 180 Å². The van der Waals surface area contributed by atoms with Crippen molar-refractivity contribution >= 4 is 12.4 Å². The summed E-state index contributed by atoms with van der Waals surface area (Å²) >= 11 is 0. The molecule has 0 aromatic rings. The Kier molecular flexibility index (Phi) is 24.9. The van der Waals surface area contributed by atoms with Gasteiger partial charge < -0.3 is 20.7 Å². The van der Waals surface area contributed by atoms with Gasteiger partial charge in [0, 0.05) is 13.0 Å². The average Bonchev–Trinajstić information content (AvgIpc) is 2.64.